The van der Waals surface area contributed by atoms with Gasteiger partial charge in [0.25, 0.3) is 0 Å². The van der Waals surface area contributed by atoms with Gasteiger partial charge >= 0.3 is 0 Å². The first-order valence-electron chi connectivity index (χ1n) is 11.0. The molecule has 0 fully saturated rings. The molecule has 1 aromatic heterocycles. The topological polar surface area (TPSA) is 76.4 Å². The molecule has 0 amide bonds. The highest BCUT2D eigenvalue weighted by Crippen LogP contribution is 2.17. The number of halogens is 1. The minimum Gasteiger partial charge on any atom is -0.486 e. The fraction of sp³-hybridized carbons (Fsp3) is 0.591. The molecular formula is C22H33FN6O. The number of para-hydroxylation sites is 1. The van der Waals surface area contributed by atoms with E-state index in [2.05, 4.69) is 30.4 Å². The number of nitrogens with one attached hydrogen (secondary N) is 2. The van der Waals surface area contributed by atoms with Gasteiger partial charge in [-0.15, -0.1) is 10.2 Å². The summed E-state index contributed by atoms with van der Waals surface area (Å²) < 4.78 is 21.7. The van der Waals surface area contributed by atoms with Crippen LogP contribution in [0.3, 0.4) is 0 Å². The summed E-state index contributed by atoms with van der Waals surface area (Å²) in [5.41, 5.74) is 0. The zero-order chi connectivity index (χ0) is 21.2. The molecule has 8 heteroatoms. The predicted molar refractivity (Wildman–Crippen MR) is 116 cm³/mol. The molecule has 1 aliphatic heterocycles. The van der Waals surface area contributed by atoms with Crippen molar-refractivity contribution in [1.29, 1.82) is 0 Å². The molecule has 7 nitrogen and oxygen atoms in total. The summed E-state index contributed by atoms with van der Waals surface area (Å²) in [6.07, 6.45) is 6.34. The van der Waals surface area contributed by atoms with Gasteiger partial charge in [0.15, 0.2) is 17.5 Å². The van der Waals surface area contributed by atoms with Gasteiger partial charge in [0.05, 0.1) is 6.54 Å². The van der Waals surface area contributed by atoms with Gasteiger partial charge in [0, 0.05) is 32.5 Å². The van der Waals surface area contributed by atoms with E-state index < -0.39 is 0 Å². The first-order chi connectivity index (χ1) is 14.7. The molecule has 1 unspecified atom stereocenters. The third-order valence-electron chi connectivity index (χ3n) is 5.07. The van der Waals surface area contributed by atoms with E-state index in [9.17, 15) is 4.39 Å². The molecule has 1 aromatic carbocycles. The summed E-state index contributed by atoms with van der Waals surface area (Å²) in [5, 5.41) is 15.4. The summed E-state index contributed by atoms with van der Waals surface area (Å²) in [6, 6.07) is 6.43. The molecule has 0 saturated carbocycles. The normalized spacial score (nSPS) is 15.2. The Balaban J connectivity index is 1.45. The van der Waals surface area contributed by atoms with Crippen molar-refractivity contribution in [3.63, 3.8) is 0 Å². The second-order valence-corrected chi connectivity index (χ2v) is 7.60. The van der Waals surface area contributed by atoms with Crippen LogP contribution in [0.5, 0.6) is 5.75 Å². The number of fused-ring (bicyclic) bond motifs is 1. The first kappa shape index (κ1) is 22.1. The van der Waals surface area contributed by atoms with Crippen LogP contribution in [-0.2, 0) is 19.4 Å². The maximum Gasteiger partial charge on any atom is 0.191 e. The van der Waals surface area contributed by atoms with Gasteiger partial charge in [0.2, 0.25) is 0 Å². The molecule has 164 valence electrons. The Morgan fingerprint density at radius 3 is 2.93 bits per heavy atom. The molecule has 3 rings (SSSR count). The maximum absolute atomic E-state index is 13.7. The molecule has 2 N–H and O–H groups in total. The summed E-state index contributed by atoms with van der Waals surface area (Å²) in [7, 11) is 0. The SMILES string of the molecule is CCNC(=NCC(C)Oc1ccccc1F)NCCCc1nnc2n1CCCCC2. The van der Waals surface area contributed by atoms with E-state index in [0.29, 0.717) is 6.54 Å². The van der Waals surface area contributed by atoms with Crippen LogP contribution in [0.15, 0.2) is 29.3 Å². The van der Waals surface area contributed by atoms with E-state index in [1.165, 1.54) is 25.3 Å². The lowest BCUT2D eigenvalue weighted by molar-refractivity contribution is 0.220. The molecular weight excluding hydrogens is 383 g/mol. The molecule has 30 heavy (non-hydrogen) atoms. The number of nitrogens with zero attached hydrogens (tertiary/aromatic N) is 4. The van der Waals surface area contributed by atoms with Gasteiger partial charge in [-0.2, -0.15) is 0 Å². The molecule has 1 aliphatic rings. The third kappa shape index (κ3) is 6.43. The molecule has 2 heterocycles. The highest BCUT2D eigenvalue weighted by atomic mass is 19.1. The van der Waals surface area contributed by atoms with E-state index in [4.69, 9.17) is 4.74 Å². The maximum atomic E-state index is 13.7. The average molecular weight is 417 g/mol. The predicted octanol–water partition coefficient (Wildman–Crippen LogP) is 3.10. The summed E-state index contributed by atoms with van der Waals surface area (Å²) in [6.45, 7) is 6.94. The Hall–Kier alpha value is -2.64. The minimum absolute atomic E-state index is 0.233. The highest BCUT2D eigenvalue weighted by molar-refractivity contribution is 5.79. The zero-order valence-electron chi connectivity index (χ0n) is 18.0. The summed E-state index contributed by atoms with van der Waals surface area (Å²) >= 11 is 0. The second kappa shape index (κ2) is 11.5. The van der Waals surface area contributed by atoms with Crippen LogP contribution in [0.25, 0.3) is 0 Å². The van der Waals surface area contributed by atoms with Gasteiger partial charge in [-0.25, -0.2) is 9.38 Å². The summed E-state index contributed by atoms with van der Waals surface area (Å²) in [5.74, 6) is 2.86. The number of guanidine groups is 1. The molecule has 0 saturated heterocycles. The summed E-state index contributed by atoms with van der Waals surface area (Å²) in [4.78, 5) is 4.57. The van der Waals surface area contributed by atoms with E-state index in [1.807, 2.05) is 13.8 Å². The van der Waals surface area contributed by atoms with Crippen molar-refractivity contribution in [2.45, 2.75) is 65.0 Å². The van der Waals surface area contributed by atoms with Gasteiger partial charge in [-0.05, 0) is 45.2 Å². The van der Waals surface area contributed by atoms with Gasteiger partial charge in [-0.1, -0.05) is 18.6 Å². The first-order valence-corrected chi connectivity index (χ1v) is 11.0. The smallest absolute Gasteiger partial charge is 0.191 e. The van der Waals surface area contributed by atoms with Crippen molar-refractivity contribution in [2.75, 3.05) is 19.6 Å². The van der Waals surface area contributed by atoms with Crippen molar-refractivity contribution >= 4 is 5.96 Å². The van der Waals surface area contributed by atoms with E-state index in [0.717, 1.165) is 56.5 Å². The largest absolute Gasteiger partial charge is 0.486 e. The lowest BCUT2D eigenvalue weighted by Gasteiger charge is -2.15. The molecule has 0 radical (unpaired) electrons. The fourth-order valence-corrected chi connectivity index (χ4v) is 3.54. The van der Waals surface area contributed by atoms with Crippen LogP contribution in [-0.4, -0.2) is 46.5 Å². The lowest BCUT2D eigenvalue weighted by Crippen LogP contribution is -2.38. The Labute approximate surface area is 178 Å². The Morgan fingerprint density at radius 2 is 2.10 bits per heavy atom. The number of aryl methyl sites for hydroxylation is 2. The Kier molecular flexibility index (Phi) is 8.47. The lowest BCUT2D eigenvalue weighted by atomic mass is 10.2. The Bertz CT molecular complexity index is 822. The number of benzene rings is 1. The Morgan fingerprint density at radius 1 is 1.23 bits per heavy atom. The van der Waals surface area contributed by atoms with Crippen LogP contribution < -0.4 is 15.4 Å². The number of aromatic nitrogens is 3. The van der Waals surface area contributed by atoms with E-state index >= 15 is 0 Å². The van der Waals surface area contributed by atoms with E-state index in [1.54, 1.807) is 18.2 Å². The van der Waals surface area contributed by atoms with E-state index in [-0.39, 0.29) is 17.7 Å². The number of aliphatic imine (C=N–C) groups is 1. The van der Waals surface area contributed by atoms with Crippen LogP contribution in [0.4, 0.5) is 4.39 Å². The van der Waals surface area contributed by atoms with Crippen molar-refractivity contribution in [3.05, 3.63) is 41.7 Å². The monoisotopic (exact) mass is 416 g/mol. The third-order valence-corrected chi connectivity index (χ3v) is 5.07. The average Bonchev–Trinajstić information content (AvgIpc) is 2.97. The molecule has 0 spiro atoms. The van der Waals surface area contributed by atoms with Crippen LogP contribution >= 0.6 is 0 Å². The fourth-order valence-electron chi connectivity index (χ4n) is 3.54. The van der Waals surface area contributed by atoms with Crippen molar-refractivity contribution in [3.8, 4) is 5.75 Å². The highest BCUT2D eigenvalue weighted by Gasteiger charge is 2.14. The van der Waals surface area contributed by atoms with Crippen molar-refractivity contribution in [2.24, 2.45) is 4.99 Å². The van der Waals surface area contributed by atoms with Crippen molar-refractivity contribution in [1.82, 2.24) is 25.4 Å². The van der Waals surface area contributed by atoms with Crippen LogP contribution in [0.1, 0.15) is 51.2 Å². The molecule has 1 atom stereocenters. The second-order valence-electron chi connectivity index (χ2n) is 7.60. The minimum atomic E-state index is -0.357. The number of hydrogen-bond acceptors (Lipinski definition) is 4. The molecule has 0 aliphatic carbocycles. The quantitative estimate of drug-likeness (QED) is 0.373. The number of rotatable bonds is 9. The van der Waals surface area contributed by atoms with Gasteiger partial charge < -0.3 is 19.9 Å². The number of ether oxygens (including phenoxy) is 1. The molecule has 2 aromatic rings. The van der Waals surface area contributed by atoms with Gasteiger partial charge in [0.1, 0.15) is 17.8 Å². The van der Waals surface area contributed by atoms with Crippen LogP contribution in [0, 0.1) is 5.82 Å². The zero-order valence-corrected chi connectivity index (χ0v) is 18.0. The van der Waals surface area contributed by atoms with Gasteiger partial charge in [-0.3, -0.25) is 0 Å². The molecule has 0 bridgehead atoms. The van der Waals surface area contributed by atoms with Crippen molar-refractivity contribution < 1.29 is 9.13 Å². The van der Waals surface area contributed by atoms with Crippen LogP contribution in [0.2, 0.25) is 0 Å². The number of hydrogen-bond donors (Lipinski definition) is 2. The standard InChI is InChI=1S/C22H33FN6O/c1-3-24-22(26-16-17(2)30-19-11-7-6-10-18(19)23)25-14-9-13-21-28-27-20-12-5-4-8-15-29(20)21/h6-7,10-11,17H,3-5,8-9,12-16H2,1-2H3,(H2,24,25,26).